The molecule has 1 atom stereocenters. The van der Waals surface area contributed by atoms with Crippen LogP contribution in [-0.4, -0.2) is 23.1 Å². The second kappa shape index (κ2) is 6.42. The number of amides is 1. The topological polar surface area (TPSA) is 94.8 Å². The van der Waals surface area contributed by atoms with E-state index in [2.05, 4.69) is 40.6 Å². The van der Waals surface area contributed by atoms with E-state index in [9.17, 15) is 4.79 Å². The lowest BCUT2D eigenvalue weighted by Crippen LogP contribution is -2.23. The summed E-state index contributed by atoms with van der Waals surface area (Å²) in [6.45, 7) is 2.04. The molecule has 0 aliphatic carbocycles. The number of para-hydroxylation sites is 1. The molecule has 26 heavy (non-hydrogen) atoms. The monoisotopic (exact) mass is 346 g/mol. The highest BCUT2D eigenvalue weighted by atomic mass is 16.1. The van der Waals surface area contributed by atoms with E-state index in [0.29, 0.717) is 12.8 Å². The van der Waals surface area contributed by atoms with E-state index in [4.69, 9.17) is 11.1 Å². The SMILES string of the molecule is Cc1cc(-c2cccc3c(CC(N)C=N)c[nH]c23)cc2c1NC(=O)CC2. The fourth-order valence-corrected chi connectivity index (χ4v) is 3.78. The van der Waals surface area contributed by atoms with Crippen molar-refractivity contribution in [3.63, 3.8) is 0 Å². The molecule has 2 aromatic carbocycles. The van der Waals surface area contributed by atoms with Gasteiger partial charge in [0.25, 0.3) is 0 Å². The van der Waals surface area contributed by atoms with E-state index >= 15 is 0 Å². The van der Waals surface area contributed by atoms with Crippen molar-refractivity contribution in [2.45, 2.75) is 32.2 Å². The third-order valence-electron chi connectivity index (χ3n) is 5.08. The van der Waals surface area contributed by atoms with Gasteiger partial charge in [-0.2, -0.15) is 0 Å². The summed E-state index contributed by atoms with van der Waals surface area (Å²) in [5, 5.41) is 11.5. The van der Waals surface area contributed by atoms with Gasteiger partial charge in [0, 0.05) is 41.5 Å². The maximum Gasteiger partial charge on any atom is 0.224 e. The Bertz CT molecular complexity index is 1020. The summed E-state index contributed by atoms with van der Waals surface area (Å²) in [4.78, 5) is 15.1. The minimum Gasteiger partial charge on any atom is -0.360 e. The van der Waals surface area contributed by atoms with Gasteiger partial charge in [0.1, 0.15) is 0 Å². The number of carbonyl (C=O) groups excluding carboxylic acids is 1. The number of anilines is 1. The van der Waals surface area contributed by atoms with E-state index in [1.807, 2.05) is 13.1 Å². The average molecular weight is 346 g/mol. The van der Waals surface area contributed by atoms with Crippen molar-refractivity contribution in [3.8, 4) is 11.1 Å². The molecule has 4 rings (SSSR count). The number of aryl methyl sites for hydroxylation is 2. The Morgan fingerprint density at radius 1 is 1.31 bits per heavy atom. The van der Waals surface area contributed by atoms with Crippen LogP contribution < -0.4 is 11.1 Å². The molecule has 3 aromatic rings. The van der Waals surface area contributed by atoms with Crippen LogP contribution in [0.15, 0.2) is 36.5 Å². The van der Waals surface area contributed by atoms with Gasteiger partial charge in [0.2, 0.25) is 5.91 Å². The van der Waals surface area contributed by atoms with Crippen molar-refractivity contribution in [2.75, 3.05) is 5.32 Å². The molecule has 1 aromatic heterocycles. The summed E-state index contributed by atoms with van der Waals surface area (Å²) < 4.78 is 0. The number of fused-ring (bicyclic) bond motifs is 2. The second-order valence-corrected chi connectivity index (χ2v) is 6.95. The average Bonchev–Trinajstić information content (AvgIpc) is 3.05. The smallest absolute Gasteiger partial charge is 0.224 e. The summed E-state index contributed by atoms with van der Waals surface area (Å²) >= 11 is 0. The van der Waals surface area contributed by atoms with Gasteiger partial charge in [-0.05, 0) is 54.2 Å². The Balaban J connectivity index is 1.81. The van der Waals surface area contributed by atoms with Crippen molar-refractivity contribution in [2.24, 2.45) is 5.73 Å². The molecular formula is C21H22N4O. The Hall–Kier alpha value is -2.92. The molecular weight excluding hydrogens is 324 g/mol. The van der Waals surface area contributed by atoms with Crippen molar-refractivity contribution in [1.82, 2.24) is 4.98 Å². The van der Waals surface area contributed by atoms with Crippen LogP contribution in [-0.2, 0) is 17.6 Å². The van der Waals surface area contributed by atoms with Gasteiger partial charge in [0.05, 0.1) is 5.52 Å². The molecule has 5 N–H and O–H groups in total. The highest BCUT2D eigenvalue weighted by Gasteiger charge is 2.19. The summed E-state index contributed by atoms with van der Waals surface area (Å²) in [6.07, 6.45) is 5.22. The molecule has 5 nitrogen and oxygen atoms in total. The first kappa shape index (κ1) is 16.5. The zero-order valence-electron chi connectivity index (χ0n) is 14.7. The Labute approximate surface area is 152 Å². The van der Waals surface area contributed by atoms with Crippen LogP contribution in [0.2, 0.25) is 0 Å². The molecule has 1 aliphatic heterocycles. The molecule has 1 amide bonds. The largest absolute Gasteiger partial charge is 0.360 e. The van der Waals surface area contributed by atoms with Crippen LogP contribution >= 0.6 is 0 Å². The van der Waals surface area contributed by atoms with Crippen molar-refractivity contribution >= 4 is 28.7 Å². The van der Waals surface area contributed by atoms with Gasteiger partial charge in [-0.1, -0.05) is 18.2 Å². The lowest BCUT2D eigenvalue weighted by Gasteiger charge is -2.20. The molecule has 0 saturated carbocycles. The van der Waals surface area contributed by atoms with Crippen LogP contribution in [0.25, 0.3) is 22.0 Å². The number of benzene rings is 2. The normalized spacial score (nSPS) is 14.8. The number of H-pyrrole nitrogens is 1. The maximum atomic E-state index is 11.7. The van der Waals surface area contributed by atoms with Crippen LogP contribution in [0, 0.1) is 12.3 Å². The molecule has 0 radical (unpaired) electrons. The first-order chi connectivity index (χ1) is 12.6. The maximum absolute atomic E-state index is 11.7. The van der Waals surface area contributed by atoms with Crippen LogP contribution in [0.1, 0.15) is 23.1 Å². The molecule has 5 heteroatoms. The number of nitrogens with two attached hydrogens (primary N) is 1. The summed E-state index contributed by atoms with van der Waals surface area (Å²) in [5.74, 6) is 0.0898. The first-order valence-corrected chi connectivity index (χ1v) is 8.85. The van der Waals surface area contributed by atoms with E-state index < -0.39 is 0 Å². The molecule has 1 unspecified atom stereocenters. The molecule has 0 spiro atoms. The van der Waals surface area contributed by atoms with Crippen LogP contribution in [0.3, 0.4) is 0 Å². The van der Waals surface area contributed by atoms with E-state index in [1.54, 1.807) is 0 Å². The Morgan fingerprint density at radius 3 is 2.96 bits per heavy atom. The third kappa shape index (κ3) is 2.80. The number of aromatic nitrogens is 1. The Morgan fingerprint density at radius 2 is 2.15 bits per heavy atom. The predicted octanol–water partition coefficient (Wildman–Crippen LogP) is 3.55. The van der Waals surface area contributed by atoms with Gasteiger partial charge in [-0.25, -0.2) is 0 Å². The summed E-state index contributed by atoms with van der Waals surface area (Å²) in [5.41, 5.74) is 13.6. The van der Waals surface area contributed by atoms with Crippen molar-refractivity contribution < 1.29 is 4.79 Å². The summed E-state index contributed by atoms with van der Waals surface area (Å²) in [7, 11) is 0. The zero-order chi connectivity index (χ0) is 18.3. The van der Waals surface area contributed by atoms with Crippen LogP contribution in [0.4, 0.5) is 5.69 Å². The van der Waals surface area contributed by atoms with E-state index in [1.165, 1.54) is 11.8 Å². The number of hydrogen-bond donors (Lipinski definition) is 4. The molecule has 2 heterocycles. The lowest BCUT2D eigenvalue weighted by molar-refractivity contribution is -0.116. The number of rotatable bonds is 4. The standard InChI is InChI=1S/C21H22N4O/c1-12-7-14(8-13-5-6-19(26)25-20(12)13)17-3-2-4-18-15(9-16(23)10-22)11-24-21(17)18/h2-4,7-8,10-11,16,22,24H,5-6,9,23H2,1H3,(H,25,26). The highest BCUT2D eigenvalue weighted by molar-refractivity contribution is 5.99. The van der Waals surface area contributed by atoms with E-state index in [-0.39, 0.29) is 11.9 Å². The van der Waals surface area contributed by atoms with Crippen LogP contribution in [0.5, 0.6) is 0 Å². The van der Waals surface area contributed by atoms with Gasteiger partial charge in [0.15, 0.2) is 0 Å². The lowest BCUT2D eigenvalue weighted by atomic mass is 9.92. The fourth-order valence-electron chi connectivity index (χ4n) is 3.78. The molecule has 0 saturated heterocycles. The quantitative estimate of drug-likeness (QED) is 0.544. The molecule has 132 valence electrons. The summed E-state index contributed by atoms with van der Waals surface area (Å²) in [6, 6.07) is 10.3. The van der Waals surface area contributed by atoms with Gasteiger partial charge in [-0.15, -0.1) is 0 Å². The number of carbonyl (C=O) groups is 1. The second-order valence-electron chi connectivity index (χ2n) is 6.95. The first-order valence-electron chi connectivity index (χ1n) is 8.85. The zero-order valence-corrected chi connectivity index (χ0v) is 14.7. The minimum absolute atomic E-state index is 0.0898. The number of nitrogens with one attached hydrogen (secondary N) is 3. The number of hydrogen-bond acceptors (Lipinski definition) is 3. The highest BCUT2D eigenvalue weighted by Crippen LogP contribution is 2.35. The molecule has 0 bridgehead atoms. The number of aromatic amines is 1. The van der Waals surface area contributed by atoms with Crippen molar-refractivity contribution in [3.05, 3.63) is 53.2 Å². The third-order valence-corrected chi connectivity index (χ3v) is 5.08. The van der Waals surface area contributed by atoms with Gasteiger partial charge >= 0.3 is 0 Å². The van der Waals surface area contributed by atoms with Crippen molar-refractivity contribution in [1.29, 1.82) is 5.41 Å². The molecule has 0 fully saturated rings. The van der Waals surface area contributed by atoms with Gasteiger partial charge < -0.3 is 21.4 Å². The fraction of sp³-hybridized carbons (Fsp3) is 0.238. The minimum atomic E-state index is -0.271. The van der Waals surface area contributed by atoms with Gasteiger partial charge in [-0.3, -0.25) is 4.79 Å². The van der Waals surface area contributed by atoms with E-state index in [0.717, 1.165) is 45.3 Å². The molecule has 1 aliphatic rings. The Kier molecular flexibility index (Phi) is 4.09. The predicted molar refractivity (Wildman–Crippen MR) is 106 cm³/mol.